The minimum atomic E-state index is 0.439. The van der Waals surface area contributed by atoms with Crippen LogP contribution in [0.25, 0.3) is 0 Å². The van der Waals surface area contributed by atoms with E-state index in [2.05, 4.69) is 37.9 Å². The van der Waals surface area contributed by atoms with Crippen molar-refractivity contribution in [1.82, 2.24) is 15.1 Å². The number of rotatable bonds is 5. The third-order valence-corrected chi connectivity index (χ3v) is 2.18. The van der Waals surface area contributed by atoms with E-state index < -0.39 is 0 Å². The van der Waals surface area contributed by atoms with E-state index in [0.717, 1.165) is 16.6 Å². The molecule has 0 amide bonds. The number of hydrogen-bond acceptors (Lipinski definition) is 2. The van der Waals surface area contributed by atoms with Gasteiger partial charge in [-0.05, 0) is 22.9 Å². The number of nitrogens with one attached hydrogen (secondary N) is 1. The lowest BCUT2D eigenvalue weighted by atomic mass is 10.4. The zero-order valence-electron chi connectivity index (χ0n) is 9.28. The lowest BCUT2D eigenvalue weighted by Gasteiger charge is -2.05. The van der Waals surface area contributed by atoms with Crippen molar-refractivity contribution in [3.8, 4) is 0 Å². The number of hydrogen-bond donors (Lipinski definition) is 2. The van der Waals surface area contributed by atoms with Gasteiger partial charge in [0.1, 0.15) is 0 Å². The lowest BCUT2D eigenvalue weighted by Crippen LogP contribution is -2.34. The monoisotopic (exact) mass is 285 g/mol. The largest absolute Gasteiger partial charge is 0.370 e. The SMILES string of the molecule is C=C(C)CN=C(N)NCCn1cc(Br)cn1. The first-order chi connectivity index (χ1) is 7.58. The smallest absolute Gasteiger partial charge is 0.188 e. The van der Waals surface area contributed by atoms with Crippen molar-refractivity contribution in [2.45, 2.75) is 13.5 Å². The Morgan fingerprint density at radius 2 is 2.50 bits per heavy atom. The summed E-state index contributed by atoms with van der Waals surface area (Å²) >= 11 is 3.33. The second-order valence-electron chi connectivity index (χ2n) is 3.51. The van der Waals surface area contributed by atoms with Crippen LogP contribution in [0.15, 0.2) is 34.0 Å². The van der Waals surface area contributed by atoms with Gasteiger partial charge in [-0.2, -0.15) is 5.10 Å². The van der Waals surface area contributed by atoms with Crippen molar-refractivity contribution < 1.29 is 0 Å². The highest BCUT2D eigenvalue weighted by molar-refractivity contribution is 9.10. The molecule has 0 fully saturated rings. The van der Waals surface area contributed by atoms with Crippen LogP contribution in [0.1, 0.15) is 6.92 Å². The molecule has 1 aromatic heterocycles. The molecule has 0 aliphatic rings. The molecule has 3 N–H and O–H groups in total. The van der Waals surface area contributed by atoms with E-state index in [1.54, 1.807) is 6.20 Å². The number of halogens is 1. The highest BCUT2D eigenvalue weighted by Crippen LogP contribution is 2.05. The second-order valence-corrected chi connectivity index (χ2v) is 4.42. The summed E-state index contributed by atoms with van der Waals surface area (Å²) in [6, 6.07) is 0. The summed E-state index contributed by atoms with van der Waals surface area (Å²) in [6.45, 7) is 7.66. The summed E-state index contributed by atoms with van der Waals surface area (Å²) in [5.41, 5.74) is 6.64. The van der Waals surface area contributed by atoms with Crippen molar-refractivity contribution in [3.05, 3.63) is 29.0 Å². The second kappa shape index (κ2) is 6.32. The molecule has 0 aromatic carbocycles. The molecule has 1 aromatic rings. The average Bonchev–Trinajstić information content (AvgIpc) is 2.61. The molecule has 0 unspecified atom stereocenters. The van der Waals surface area contributed by atoms with Gasteiger partial charge in [-0.15, -0.1) is 0 Å². The predicted octanol–water partition coefficient (Wildman–Crippen LogP) is 1.13. The van der Waals surface area contributed by atoms with Gasteiger partial charge < -0.3 is 11.1 Å². The molecule has 1 rings (SSSR count). The minimum Gasteiger partial charge on any atom is -0.370 e. The maximum Gasteiger partial charge on any atom is 0.188 e. The quantitative estimate of drug-likeness (QED) is 0.484. The number of nitrogens with zero attached hydrogens (tertiary/aromatic N) is 3. The molecule has 0 radical (unpaired) electrons. The van der Waals surface area contributed by atoms with Gasteiger partial charge in [0.2, 0.25) is 0 Å². The molecular weight excluding hydrogens is 270 g/mol. The topological polar surface area (TPSA) is 68.2 Å². The highest BCUT2D eigenvalue weighted by Gasteiger charge is 1.95. The van der Waals surface area contributed by atoms with E-state index in [1.165, 1.54) is 0 Å². The summed E-state index contributed by atoms with van der Waals surface area (Å²) in [6.07, 6.45) is 3.65. The number of guanidine groups is 1. The summed E-state index contributed by atoms with van der Waals surface area (Å²) in [5.74, 6) is 0.439. The van der Waals surface area contributed by atoms with Crippen LogP contribution in [0.5, 0.6) is 0 Å². The van der Waals surface area contributed by atoms with Crippen LogP contribution < -0.4 is 11.1 Å². The van der Waals surface area contributed by atoms with Crippen molar-refractivity contribution in [2.75, 3.05) is 13.1 Å². The molecule has 0 saturated heterocycles. The first-order valence-electron chi connectivity index (χ1n) is 4.94. The Hall–Kier alpha value is -1.30. The van der Waals surface area contributed by atoms with Crippen molar-refractivity contribution in [2.24, 2.45) is 10.7 Å². The van der Waals surface area contributed by atoms with Crippen molar-refractivity contribution in [3.63, 3.8) is 0 Å². The van der Waals surface area contributed by atoms with Crippen LogP contribution in [0.2, 0.25) is 0 Å². The molecule has 0 aliphatic carbocycles. The van der Waals surface area contributed by atoms with Gasteiger partial charge in [-0.3, -0.25) is 4.68 Å². The van der Waals surface area contributed by atoms with E-state index in [0.29, 0.717) is 19.0 Å². The molecule has 16 heavy (non-hydrogen) atoms. The molecule has 0 aliphatic heterocycles. The highest BCUT2D eigenvalue weighted by atomic mass is 79.9. The van der Waals surface area contributed by atoms with E-state index in [4.69, 9.17) is 5.73 Å². The van der Waals surface area contributed by atoms with Gasteiger partial charge in [0.25, 0.3) is 0 Å². The Kier molecular flexibility index (Phi) is 5.04. The maximum absolute atomic E-state index is 5.65. The minimum absolute atomic E-state index is 0.439. The molecular formula is C10H16BrN5. The molecule has 1 heterocycles. The van der Waals surface area contributed by atoms with Crippen LogP contribution in [0, 0.1) is 0 Å². The first-order valence-corrected chi connectivity index (χ1v) is 5.73. The van der Waals surface area contributed by atoms with Gasteiger partial charge >= 0.3 is 0 Å². The van der Waals surface area contributed by atoms with E-state index in [1.807, 2.05) is 17.8 Å². The molecule has 5 nitrogen and oxygen atoms in total. The number of nitrogens with two attached hydrogens (primary N) is 1. The zero-order valence-corrected chi connectivity index (χ0v) is 10.9. The fourth-order valence-corrected chi connectivity index (χ4v) is 1.36. The normalized spacial score (nSPS) is 11.5. The van der Waals surface area contributed by atoms with Gasteiger partial charge in [-0.1, -0.05) is 12.2 Å². The Morgan fingerprint density at radius 3 is 3.06 bits per heavy atom. The molecule has 0 bridgehead atoms. The maximum atomic E-state index is 5.65. The fraction of sp³-hybridized carbons (Fsp3) is 0.400. The number of aromatic nitrogens is 2. The summed E-state index contributed by atoms with van der Waals surface area (Å²) in [4.78, 5) is 4.10. The van der Waals surface area contributed by atoms with Crippen LogP contribution in [-0.4, -0.2) is 28.8 Å². The molecule has 88 valence electrons. The third kappa shape index (κ3) is 4.97. The standard InChI is InChI=1S/C10H16BrN5/c1-8(2)5-14-10(12)13-3-4-16-7-9(11)6-15-16/h6-7H,1,3-5H2,2H3,(H3,12,13,14). The van der Waals surface area contributed by atoms with Crippen LogP contribution in [0.3, 0.4) is 0 Å². The molecule has 0 spiro atoms. The van der Waals surface area contributed by atoms with Crippen LogP contribution in [-0.2, 0) is 6.54 Å². The molecule has 6 heteroatoms. The Morgan fingerprint density at radius 1 is 1.75 bits per heavy atom. The van der Waals surface area contributed by atoms with E-state index >= 15 is 0 Å². The summed E-state index contributed by atoms with van der Waals surface area (Å²) in [5, 5.41) is 7.13. The Balaban J connectivity index is 2.25. The van der Waals surface area contributed by atoms with Crippen molar-refractivity contribution in [1.29, 1.82) is 0 Å². The zero-order chi connectivity index (χ0) is 12.0. The lowest BCUT2D eigenvalue weighted by molar-refractivity contribution is 0.601. The van der Waals surface area contributed by atoms with Gasteiger partial charge in [0, 0.05) is 12.7 Å². The van der Waals surface area contributed by atoms with Crippen LogP contribution in [0.4, 0.5) is 0 Å². The third-order valence-electron chi connectivity index (χ3n) is 1.77. The fourth-order valence-electron chi connectivity index (χ4n) is 1.04. The predicted molar refractivity (Wildman–Crippen MR) is 69.2 cm³/mol. The Bertz CT molecular complexity index is 382. The van der Waals surface area contributed by atoms with Crippen molar-refractivity contribution >= 4 is 21.9 Å². The van der Waals surface area contributed by atoms with Gasteiger partial charge in [0.15, 0.2) is 5.96 Å². The molecule has 0 atom stereocenters. The average molecular weight is 286 g/mol. The van der Waals surface area contributed by atoms with Gasteiger partial charge in [0.05, 0.1) is 23.8 Å². The van der Waals surface area contributed by atoms with Crippen LogP contribution >= 0.6 is 15.9 Å². The summed E-state index contributed by atoms with van der Waals surface area (Å²) in [7, 11) is 0. The van der Waals surface area contributed by atoms with E-state index in [-0.39, 0.29) is 0 Å². The summed E-state index contributed by atoms with van der Waals surface area (Å²) < 4.78 is 2.79. The van der Waals surface area contributed by atoms with Gasteiger partial charge in [-0.25, -0.2) is 4.99 Å². The van der Waals surface area contributed by atoms with E-state index in [9.17, 15) is 0 Å². The first kappa shape index (κ1) is 12.8. The Labute approximate surface area is 104 Å². The number of aliphatic imine (C=N–C) groups is 1. The molecule has 0 saturated carbocycles.